The predicted molar refractivity (Wildman–Crippen MR) is 126 cm³/mol. The summed E-state index contributed by atoms with van der Waals surface area (Å²) in [6.45, 7) is 5.62. The second-order valence-electron chi connectivity index (χ2n) is 7.98. The molecular weight excluding hydrogens is 444 g/mol. The van der Waals surface area contributed by atoms with E-state index in [1.54, 1.807) is 17.5 Å². The first-order valence-corrected chi connectivity index (χ1v) is 11.9. The van der Waals surface area contributed by atoms with Crippen LogP contribution in [0.5, 0.6) is 5.75 Å². The summed E-state index contributed by atoms with van der Waals surface area (Å²) in [5.41, 5.74) is 0.588. The maximum Gasteiger partial charge on any atom is 0.345 e. The number of piperazine rings is 1. The molecule has 2 aromatic heterocycles. The molecule has 0 atom stereocenters. The standard InChI is InChI=1S/C23H26N4O5S/c1-3-31-18-6-4-5-15-13-16(22(30)32-21(15)18)17-14-33-23(24-17)25-19(28)7-8-20(29)27-11-9-26(2)10-12-27/h4-6,13-14H,3,7-12H2,1-2H3,(H,24,25,28)/p+1. The average Bonchev–Trinajstić information content (AvgIpc) is 3.26. The molecule has 1 saturated heterocycles. The number of carbonyl (C=O) groups is 2. The third kappa shape index (κ3) is 5.40. The Morgan fingerprint density at radius 2 is 2.06 bits per heavy atom. The van der Waals surface area contributed by atoms with Gasteiger partial charge in [-0.2, -0.15) is 0 Å². The van der Waals surface area contributed by atoms with Crippen LogP contribution in [0.1, 0.15) is 19.8 Å². The molecule has 1 aromatic carbocycles. The first kappa shape index (κ1) is 22.9. The van der Waals surface area contributed by atoms with Crippen LogP contribution >= 0.6 is 11.3 Å². The molecule has 0 spiro atoms. The van der Waals surface area contributed by atoms with Crippen molar-refractivity contribution in [3.05, 3.63) is 40.1 Å². The van der Waals surface area contributed by atoms with Crippen molar-refractivity contribution in [1.29, 1.82) is 0 Å². The molecule has 3 heterocycles. The van der Waals surface area contributed by atoms with Crippen LogP contribution in [0.2, 0.25) is 0 Å². The molecule has 0 saturated carbocycles. The fourth-order valence-electron chi connectivity index (χ4n) is 3.72. The Balaban J connectivity index is 1.40. The van der Waals surface area contributed by atoms with Gasteiger partial charge in [0.2, 0.25) is 11.8 Å². The van der Waals surface area contributed by atoms with Crippen LogP contribution in [-0.4, -0.2) is 61.5 Å². The average molecular weight is 472 g/mol. The maximum absolute atomic E-state index is 12.6. The summed E-state index contributed by atoms with van der Waals surface area (Å²) >= 11 is 1.21. The number of anilines is 1. The Labute approximate surface area is 195 Å². The van der Waals surface area contributed by atoms with Gasteiger partial charge in [-0.3, -0.25) is 9.59 Å². The third-order valence-corrected chi connectivity index (χ3v) is 6.34. The molecule has 0 aliphatic carbocycles. The van der Waals surface area contributed by atoms with Crippen LogP contribution < -0.4 is 20.6 Å². The minimum atomic E-state index is -0.530. The highest BCUT2D eigenvalue weighted by Crippen LogP contribution is 2.29. The summed E-state index contributed by atoms with van der Waals surface area (Å²) < 4.78 is 11.0. The second kappa shape index (κ2) is 10.1. The summed E-state index contributed by atoms with van der Waals surface area (Å²) in [6.07, 6.45) is 0.255. The van der Waals surface area contributed by atoms with Crippen molar-refractivity contribution in [3.63, 3.8) is 0 Å². The number of fused-ring (bicyclic) bond motifs is 1. The molecule has 0 radical (unpaired) electrons. The molecule has 1 aliphatic heterocycles. The number of quaternary nitrogens is 1. The van der Waals surface area contributed by atoms with Gasteiger partial charge in [0.25, 0.3) is 0 Å². The molecule has 9 nitrogen and oxygen atoms in total. The highest BCUT2D eigenvalue weighted by atomic mass is 32.1. The number of carbonyl (C=O) groups excluding carboxylic acids is 2. The number of benzene rings is 1. The van der Waals surface area contributed by atoms with E-state index in [4.69, 9.17) is 9.15 Å². The summed E-state index contributed by atoms with van der Waals surface area (Å²) in [7, 11) is 2.11. The van der Waals surface area contributed by atoms with E-state index in [0.717, 1.165) is 31.6 Å². The Morgan fingerprint density at radius 1 is 1.27 bits per heavy atom. The van der Waals surface area contributed by atoms with E-state index in [0.29, 0.717) is 34.3 Å². The zero-order valence-corrected chi connectivity index (χ0v) is 19.5. The Hall–Kier alpha value is -3.24. The number of thiazole rings is 1. The SMILES string of the molecule is CCOc1cccc2cc(-c3csc(NC(=O)CCC(=O)N4CC[NH+](C)CC4)n3)c(=O)oc12. The van der Waals surface area contributed by atoms with E-state index in [-0.39, 0.29) is 24.7 Å². The number of hydrogen-bond donors (Lipinski definition) is 2. The van der Waals surface area contributed by atoms with Crippen LogP contribution in [0.15, 0.2) is 38.9 Å². The molecule has 0 unspecified atom stereocenters. The number of likely N-dealkylation sites (N-methyl/N-ethyl adjacent to an activating group) is 1. The van der Waals surface area contributed by atoms with Crippen LogP contribution in [0.3, 0.4) is 0 Å². The van der Waals surface area contributed by atoms with Crippen molar-refractivity contribution in [2.24, 2.45) is 0 Å². The van der Waals surface area contributed by atoms with Gasteiger partial charge >= 0.3 is 5.63 Å². The lowest BCUT2D eigenvalue weighted by Crippen LogP contribution is -3.12. The lowest BCUT2D eigenvalue weighted by atomic mass is 10.1. The van der Waals surface area contributed by atoms with Crippen LogP contribution in [-0.2, 0) is 9.59 Å². The predicted octanol–water partition coefficient (Wildman–Crippen LogP) is 1.39. The molecule has 2 amide bonds. The minimum Gasteiger partial charge on any atom is -0.490 e. The number of para-hydroxylation sites is 1. The van der Waals surface area contributed by atoms with Gasteiger partial charge in [-0.15, -0.1) is 11.3 Å². The summed E-state index contributed by atoms with van der Waals surface area (Å²) in [6, 6.07) is 7.12. The number of ether oxygens (including phenoxy) is 1. The largest absolute Gasteiger partial charge is 0.490 e. The van der Waals surface area contributed by atoms with E-state index < -0.39 is 5.63 Å². The van der Waals surface area contributed by atoms with Gasteiger partial charge in [-0.1, -0.05) is 12.1 Å². The van der Waals surface area contributed by atoms with E-state index >= 15 is 0 Å². The highest BCUT2D eigenvalue weighted by Gasteiger charge is 2.22. The molecule has 174 valence electrons. The normalized spacial score (nSPS) is 14.4. The molecule has 0 bridgehead atoms. The molecule has 2 N–H and O–H groups in total. The van der Waals surface area contributed by atoms with Crippen molar-refractivity contribution < 1.29 is 23.6 Å². The summed E-state index contributed by atoms with van der Waals surface area (Å²) in [5.74, 6) is 0.228. The van der Waals surface area contributed by atoms with Crippen LogP contribution in [0.4, 0.5) is 5.13 Å². The molecule has 10 heteroatoms. The van der Waals surface area contributed by atoms with Gasteiger partial charge in [-0.05, 0) is 19.1 Å². The third-order valence-electron chi connectivity index (χ3n) is 5.59. The molecule has 4 rings (SSSR count). The summed E-state index contributed by atoms with van der Waals surface area (Å²) in [4.78, 5) is 44.8. The van der Waals surface area contributed by atoms with Gasteiger partial charge in [0.05, 0.1) is 51.1 Å². The van der Waals surface area contributed by atoms with E-state index in [1.165, 1.54) is 16.2 Å². The van der Waals surface area contributed by atoms with E-state index in [1.807, 2.05) is 24.0 Å². The first-order valence-electron chi connectivity index (χ1n) is 11.0. The lowest BCUT2D eigenvalue weighted by molar-refractivity contribution is -0.883. The van der Waals surface area contributed by atoms with Crippen molar-refractivity contribution >= 4 is 39.3 Å². The second-order valence-corrected chi connectivity index (χ2v) is 8.84. The zero-order chi connectivity index (χ0) is 23.4. The monoisotopic (exact) mass is 471 g/mol. The fourth-order valence-corrected chi connectivity index (χ4v) is 4.45. The van der Waals surface area contributed by atoms with Crippen LogP contribution in [0.25, 0.3) is 22.2 Å². The zero-order valence-electron chi connectivity index (χ0n) is 18.7. The Morgan fingerprint density at radius 3 is 2.82 bits per heavy atom. The lowest BCUT2D eigenvalue weighted by Gasteiger charge is -2.30. The topological polar surface area (TPSA) is 106 Å². The van der Waals surface area contributed by atoms with Gasteiger partial charge in [-0.25, -0.2) is 9.78 Å². The van der Waals surface area contributed by atoms with Crippen molar-refractivity contribution in [2.45, 2.75) is 19.8 Å². The molecule has 1 aliphatic rings. The number of nitrogens with zero attached hydrogens (tertiary/aromatic N) is 2. The van der Waals surface area contributed by atoms with Gasteiger partial charge < -0.3 is 24.3 Å². The Kier molecular flexibility index (Phi) is 7.05. The van der Waals surface area contributed by atoms with Crippen molar-refractivity contribution in [2.75, 3.05) is 45.2 Å². The fraction of sp³-hybridized carbons (Fsp3) is 0.391. The highest BCUT2D eigenvalue weighted by molar-refractivity contribution is 7.14. The quantitative estimate of drug-likeness (QED) is 0.505. The molecule has 1 fully saturated rings. The minimum absolute atomic E-state index is 0.00216. The number of amides is 2. The Bertz CT molecular complexity index is 1210. The molecule has 3 aromatic rings. The van der Waals surface area contributed by atoms with E-state index in [2.05, 4.69) is 17.3 Å². The summed E-state index contributed by atoms with van der Waals surface area (Å²) in [5, 5.41) is 5.50. The number of nitrogens with one attached hydrogen (secondary N) is 2. The molecule has 33 heavy (non-hydrogen) atoms. The van der Waals surface area contributed by atoms with Crippen LogP contribution in [0, 0.1) is 0 Å². The first-order chi connectivity index (χ1) is 15.9. The van der Waals surface area contributed by atoms with Crippen molar-refractivity contribution in [3.8, 4) is 17.0 Å². The number of hydrogen-bond acceptors (Lipinski definition) is 7. The van der Waals surface area contributed by atoms with Gasteiger partial charge in [0.15, 0.2) is 16.5 Å². The van der Waals surface area contributed by atoms with Gasteiger partial charge in [0, 0.05) is 23.6 Å². The van der Waals surface area contributed by atoms with Gasteiger partial charge in [0.1, 0.15) is 0 Å². The number of rotatable bonds is 7. The maximum atomic E-state index is 12.6. The number of aromatic nitrogens is 1. The van der Waals surface area contributed by atoms with E-state index in [9.17, 15) is 14.4 Å². The smallest absolute Gasteiger partial charge is 0.345 e. The molecular formula is C23H27N4O5S+. The van der Waals surface area contributed by atoms with Crippen molar-refractivity contribution in [1.82, 2.24) is 9.88 Å².